The van der Waals surface area contributed by atoms with Crippen molar-refractivity contribution in [2.75, 3.05) is 11.1 Å². The highest BCUT2D eigenvalue weighted by molar-refractivity contribution is 7.99. The van der Waals surface area contributed by atoms with Gasteiger partial charge in [0.2, 0.25) is 11.1 Å². The van der Waals surface area contributed by atoms with Crippen molar-refractivity contribution in [2.45, 2.75) is 25.5 Å². The monoisotopic (exact) mass is 326 g/mol. The van der Waals surface area contributed by atoms with E-state index in [0.717, 1.165) is 0 Å². The lowest BCUT2D eigenvalue weighted by molar-refractivity contribution is -0.113. The Bertz CT molecular complexity index is 617. The van der Waals surface area contributed by atoms with E-state index in [-0.39, 0.29) is 16.8 Å². The predicted octanol–water partition coefficient (Wildman–Crippen LogP) is 2.11. The van der Waals surface area contributed by atoms with E-state index in [1.54, 1.807) is 23.0 Å². The number of nitrogens with zero attached hydrogens (tertiary/aromatic N) is 5. The van der Waals surface area contributed by atoms with E-state index in [1.165, 1.54) is 11.8 Å². The van der Waals surface area contributed by atoms with Crippen molar-refractivity contribution in [1.29, 1.82) is 0 Å². The van der Waals surface area contributed by atoms with Crippen LogP contribution in [0.2, 0.25) is 5.15 Å². The normalized spacial score (nSPS) is 10.9. The van der Waals surface area contributed by atoms with Gasteiger partial charge in [-0.05, 0) is 28.5 Å². The van der Waals surface area contributed by atoms with Crippen LogP contribution in [0, 0.1) is 5.92 Å². The van der Waals surface area contributed by atoms with Crippen LogP contribution < -0.4 is 5.32 Å². The van der Waals surface area contributed by atoms with Crippen molar-refractivity contribution in [2.24, 2.45) is 5.92 Å². The minimum Gasteiger partial charge on any atom is -0.323 e. The summed E-state index contributed by atoms with van der Waals surface area (Å²) in [7, 11) is 0. The summed E-state index contributed by atoms with van der Waals surface area (Å²) >= 11 is 7.16. The number of hydrogen-bond donors (Lipinski definition) is 1. The molecule has 21 heavy (non-hydrogen) atoms. The first-order chi connectivity index (χ1) is 10.1. The number of thioether (sulfide) groups is 1. The topological polar surface area (TPSA) is 85.6 Å². The molecule has 0 aromatic carbocycles. The Morgan fingerprint density at radius 3 is 3.05 bits per heavy atom. The van der Waals surface area contributed by atoms with E-state index >= 15 is 0 Å². The smallest absolute Gasteiger partial charge is 0.234 e. The van der Waals surface area contributed by atoms with Crippen molar-refractivity contribution in [3.63, 3.8) is 0 Å². The Labute approximate surface area is 131 Å². The molecule has 2 rings (SSSR count). The third-order valence-corrected chi connectivity index (χ3v) is 3.66. The lowest BCUT2D eigenvalue weighted by Crippen LogP contribution is -2.15. The molecular formula is C12H15ClN6OS. The molecule has 0 bridgehead atoms. The maximum Gasteiger partial charge on any atom is 0.234 e. The minimum atomic E-state index is -0.186. The number of carbonyl (C=O) groups excluding carboxylic acids is 1. The fraction of sp³-hybridized carbons (Fsp3) is 0.417. The first-order valence-corrected chi connectivity index (χ1v) is 7.72. The number of nitrogens with one attached hydrogen (secondary N) is 1. The third-order valence-electron chi connectivity index (χ3n) is 2.40. The van der Waals surface area contributed by atoms with Gasteiger partial charge in [-0.25, -0.2) is 9.67 Å². The molecule has 0 aliphatic heterocycles. The maximum atomic E-state index is 11.9. The van der Waals surface area contributed by atoms with Gasteiger partial charge in [0.05, 0.1) is 11.4 Å². The van der Waals surface area contributed by atoms with E-state index in [0.29, 0.717) is 23.3 Å². The summed E-state index contributed by atoms with van der Waals surface area (Å²) in [6.07, 6.45) is 1.56. The number of tetrazole rings is 1. The fourth-order valence-corrected chi connectivity index (χ4v) is 2.41. The molecule has 0 atom stereocenters. The van der Waals surface area contributed by atoms with Gasteiger partial charge >= 0.3 is 0 Å². The van der Waals surface area contributed by atoms with Crippen LogP contribution in [-0.2, 0) is 11.3 Å². The van der Waals surface area contributed by atoms with Gasteiger partial charge in [-0.15, -0.1) is 5.10 Å². The molecule has 0 unspecified atom stereocenters. The van der Waals surface area contributed by atoms with E-state index < -0.39 is 0 Å². The van der Waals surface area contributed by atoms with Gasteiger partial charge in [0, 0.05) is 12.7 Å². The lowest BCUT2D eigenvalue weighted by Gasteiger charge is -2.07. The summed E-state index contributed by atoms with van der Waals surface area (Å²) in [4.78, 5) is 15.8. The second kappa shape index (κ2) is 7.37. The van der Waals surface area contributed by atoms with Crippen LogP contribution in [0.5, 0.6) is 0 Å². The average Bonchev–Trinajstić information content (AvgIpc) is 2.85. The summed E-state index contributed by atoms with van der Waals surface area (Å²) in [5.41, 5.74) is 0.492. The van der Waals surface area contributed by atoms with Gasteiger partial charge in [-0.1, -0.05) is 37.2 Å². The standard InChI is InChI=1S/C12H15ClN6OS/c1-8(2)6-19-12(16-17-18-19)21-7-10(20)15-9-4-3-5-14-11(9)13/h3-5,8H,6-7H2,1-2H3,(H,15,20). The number of anilines is 1. The Morgan fingerprint density at radius 1 is 1.52 bits per heavy atom. The molecular weight excluding hydrogens is 312 g/mol. The second-order valence-corrected chi connectivity index (χ2v) is 6.02. The van der Waals surface area contributed by atoms with Crippen molar-refractivity contribution < 1.29 is 4.79 Å². The average molecular weight is 327 g/mol. The molecule has 0 saturated heterocycles. The van der Waals surface area contributed by atoms with Crippen LogP contribution in [0.1, 0.15) is 13.8 Å². The summed E-state index contributed by atoms with van der Waals surface area (Å²) in [6, 6.07) is 3.40. The molecule has 0 spiro atoms. The Kier molecular flexibility index (Phi) is 5.51. The molecule has 2 heterocycles. The molecule has 2 aromatic rings. The molecule has 0 saturated carbocycles. The zero-order valence-electron chi connectivity index (χ0n) is 11.7. The molecule has 1 amide bonds. The Morgan fingerprint density at radius 2 is 2.33 bits per heavy atom. The van der Waals surface area contributed by atoms with Crippen LogP contribution in [0.25, 0.3) is 0 Å². The molecule has 0 aliphatic rings. The highest BCUT2D eigenvalue weighted by atomic mass is 35.5. The molecule has 2 aromatic heterocycles. The van der Waals surface area contributed by atoms with Gasteiger partial charge in [-0.2, -0.15) is 0 Å². The maximum absolute atomic E-state index is 11.9. The first-order valence-electron chi connectivity index (χ1n) is 6.35. The zero-order valence-corrected chi connectivity index (χ0v) is 13.2. The van der Waals surface area contributed by atoms with E-state index in [9.17, 15) is 4.79 Å². The molecule has 7 nitrogen and oxygen atoms in total. The summed E-state index contributed by atoms with van der Waals surface area (Å²) in [5.74, 6) is 0.439. The zero-order chi connectivity index (χ0) is 15.2. The lowest BCUT2D eigenvalue weighted by atomic mass is 10.2. The van der Waals surface area contributed by atoms with E-state index in [1.807, 2.05) is 0 Å². The molecule has 112 valence electrons. The van der Waals surface area contributed by atoms with Crippen molar-refractivity contribution in [3.05, 3.63) is 23.5 Å². The third kappa shape index (κ3) is 4.68. The summed E-state index contributed by atoms with van der Waals surface area (Å²) in [5, 5.41) is 15.0. The molecule has 0 aliphatic carbocycles. The van der Waals surface area contributed by atoms with Crippen molar-refractivity contribution in [1.82, 2.24) is 25.2 Å². The van der Waals surface area contributed by atoms with Gasteiger partial charge in [0.15, 0.2) is 5.15 Å². The Balaban J connectivity index is 1.90. The number of rotatable bonds is 6. The number of halogens is 1. The van der Waals surface area contributed by atoms with Crippen LogP contribution in [-0.4, -0.2) is 36.9 Å². The number of pyridine rings is 1. The number of carbonyl (C=O) groups is 1. The van der Waals surface area contributed by atoms with Gasteiger partial charge in [0.1, 0.15) is 0 Å². The van der Waals surface area contributed by atoms with Gasteiger partial charge < -0.3 is 5.32 Å². The minimum absolute atomic E-state index is 0.186. The van der Waals surface area contributed by atoms with Gasteiger partial charge in [-0.3, -0.25) is 4.79 Å². The number of amides is 1. The number of aromatic nitrogens is 5. The SMILES string of the molecule is CC(C)Cn1nnnc1SCC(=O)Nc1cccnc1Cl. The van der Waals surface area contributed by atoms with Crippen LogP contribution >= 0.6 is 23.4 Å². The summed E-state index contributed by atoms with van der Waals surface area (Å²) < 4.78 is 1.69. The quantitative estimate of drug-likeness (QED) is 0.646. The van der Waals surface area contributed by atoms with E-state index in [4.69, 9.17) is 11.6 Å². The molecule has 9 heteroatoms. The van der Waals surface area contributed by atoms with Crippen LogP contribution in [0.4, 0.5) is 5.69 Å². The van der Waals surface area contributed by atoms with Crippen LogP contribution in [0.15, 0.2) is 23.5 Å². The highest BCUT2D eigenvalue weighted by Crippen LogP contribution is 2.19. The van der Waals surface area contributed by atoms with Crippen LogP contribution in [0.3, 0.4) is 0 Å². The number of hydrogen-bond acceptors (Lipinski definition) is 6. The predicted molar refractivity (Wildman–Crippen MR) is 81.3 cm³/mol. The van der Waals surface area contributed by atoms with Crippen molar-refractivity contribution in [3.8, 4) is 0 Å². The molecule has 0 fully saturated rings. The Hall–Kier alpha value is -1.67. The fourth-order valence-electron chi connectivity index (χ4n) is 1.56. The first kappa shape index (κ1) is 15.7. The largest absolute Gasteiger partial charge is 0.323 e. The molecule has 1 N–H and O–H groups in total. The van der Waals surface area contributed by atoms with Crippen molar-refractivity contribution >= 4 is 35.0 Å². The summed E-state index contributed by atoms with van der Waals surface area (Å²) in [6.45, 7) is 4.87. The van der Waals surface area contributed by atoms with Gasteiger partial charge in [0.25, 0.3) is 0 Å². The highest BCUT2D eigenvalue weighted by Gasteiger charge is 2.12. The second-order valence-electron chi connectivity index (χ2n) is 4.72. The molecule has 0 radical (unpaired) electrons. The van der Waals surface area contributed by atoms with E-state index in [2.05, 4.69) is 39.7 Å².